The van der Waals surface area contributed by atoms with Gasteiger partial charge in [0.25, 0.3) is 0 Å². The van der Waals surface area contributed by atoms with Crippen LogP contribution < -0.4 is 15.4 Å². The highest BCUT2D eigenvalue weighted by atomic mass is 32.2. The van der Waals surface area contributed by atoms with Crippen molar-refractivity contribution in [3.8, 4) is 0 Å². The van der Waals surface area contributed by atoms with Crippen LogP contribution in [0.2, 0.25) is 0 Å². The average Bonchev–Trinajstić information content (AvgIpc) is 2.68. The minimum atomic E-state index is -1.81. The summed E-state index contributed by atoms with van der Waals surface area (Å²) in [7, 11) is -1.81. The standard InChI is InChI=1S/C26H43N3O7S/c1-11-34-22(30)20(29-37(33)21-17(3)14-16(2)15-18(21)4)19(28-24(32)36-26(8,9)10)12-13-27-23(31)35-25(5,6)7/h14-15,19-20,29H,11-13H2,1-10H3,(H,27,31)(H,28,32)/t19?,20-,37-/m0/s1. The topological polar surface area (TPSA) is 132 Å². The summed E-state index contributed by atoms with van der Waals surface area (Å²) in [5.74, 6) is -0.698. The van der Waals surface area contributed by atoms with Crippen molar-refractivity contribution in [1.29, 1.82) is 0 Å². The number of aryl methyl sites for hydroxylation is 3. The van der Waals surface area contributed by atoms with Gasteiger partial charge in [-0.15, -0.1) is 0 Å². The molecule has 1 aromatic rings. The number of esters is 1. The van der Waals surface area contributed by atoms with Gasteiger partial charge >= 0.3 is 18.2 Å². The maximum Gasteiger partial charge on any atom is 0.407 e. The van der Waals surface area contributed by atoms with Gasteiger partial charge in [0, 0.05) is 6.54 Å². The molecule has 1 rings (SSSR count). The van der Waals surface area contributed by atoms with Crippen molar-refractivity contribution in [1.82, 2.24) is 15.4 Å². The molecule has 37 heavy (non-hydrogen) atoms. The van der Waals surface area contributed by atoms with Crippen LogP contribution >= 0.6 is 0 Å². The third-order valence-corrected chi connectivity index (χ3v) is 6.28. The van der Waals surface area contributed by atoms with Crippen LogP contribution in [-0.4, -0.2) is 58.8 Å². The Hall–Kier alpha value is -2.66. The third kappa shape index (κ3) is 12.0. The lowest BCUT2D eigenvalue weighted by molar-refractivity contribution is -0.145. The van der Waals surface area contributed by atoms with Crippen LogP contribution in [-0.2, 0) is 30.0 Å². The second kappa shape index (κ2) is 13.8. The molecular weight excluding hydrogens is 498 g/mol. The fraction of sp³-hybridized carbons (Fsp3) is 0.654. The Morgan fingerprint density at radius 3 is 1.92 bits per heavy atom. The zero-order valence-electron chi connectivity index (χ0n) is 23.7. The zero-order valence-corrected chi connectivity index (χ0v) is 24.5. The van der Waals surface area contributed by atoms with Gasteiger partial charge in [-0.25, -0.2) is 18.5 Å². The minimum Gasteiger partial charge on any atom is -0.465 e. The Kier molecular flexibility index (Phi) is 12.0. The lowest BCUT2D eigenvalue weighted by Gasteiger charge is -2.29. The average molecular weight is 542 g/mol. The van der Waals surface area contributed by atoms with Crippen LogP contribution in [0.15, 0.2) is 17.0 Å². The number of carbonyl (C=O) groups excluding carboxylic acids is 3. The van der Waals surface area contributed by atoms with Crippen molar-refractivity contribution < 1.29 is 32.8 Å². The minimum absolute atomic E-state index is 0.0577. The molecule has 0 bridgehead atoms. The normalized spacial score (nSPS) is 14.2. The summed E-state index contributed by atoms with van der Waals surface area (Å²) in [6.07, 6.45) is -1.31. The van der Waals surface area contributed by atoms with Crippen LogP contribution in [0.1, 0.15) is 71.6 Å². The largest absolute Gasteiger partial charge is 0.465 e. The second-order valence-corrected chi connectivity index (χ2v) is 12.0. The number of hydrogen-bond donors (Lipinski definition) is 3. The van der Waals surface area contributed by atoms with E-state index in [1.165, 1.54) is 0 Å². The van der Waals surface area contributed by atoms with Gasteiger partial charge in [-0.1, -0.05) is 17.7 Å². The van der Waals surface area contributed by atoms with Gasteiger partial charge in [-0.2, -0.15) is 0 Å². The van der Waals surface area contributed by atoms with Crippen molar-refractivity contribution in [3.05, 3.63) is 28.8 Å². The lowest BCUT2D eigenvalue weighted by atomic mass is 10.1. The van der Waals surface area contributed by atoms with E-state index in [0.29, 0.717) is 4.90 Å². The highest BCUT2D eigenvalue weighted by molar-refractivity contribution is 7.83. The number of nitrogens with one attached hydrogen (secondary N) is 3. The number of amides is 2. The Balaban J connectivity index is 3.25. The van der Waals surface area contributed by atoms with Crippen LogP contribution in [0.25, 0.3) is 0 Å². The van der Waals surface area contributed by atoms with Crippen LogP contribution in [0.4, 0.5) is 9.59 Å². The van der Waals surface area contributed by atoms with E-state index in [2.05, 4.69) is 15.4 Å². The van der Waals surface area contributed by atoms with E-state index in [1.807, 2.05) is 32.9 Å². The molecule has 0 aliphatic carbocycles. The lowest BCUT2D eigenvalue weighted by Crippen LogP contribution is -2.56. The predicted molar refractivity (Wildman–Crippen MR) is 143 cm³/mol. The van der Waals surface area contributed by atoms with Gasteiger partial charge in [0.15, 0.2) is 0 Å². The monoisotopic (exact) mass is 541 g/mol. The molecule has 0 spiro atoms. The first-order valence-corrected chi connectivity index (χ1v) is 13.5. The van der Waals surface area contributed by atoms with E-state index < -0.39 is 52.4 Å². The maximum absolute atomic E-state index is 13.4. The molecule has 1 aromatic carbocycles. The van der Waals surface area contributed by atoms with Crippen LogP contribution in [0, 0.1) is 20.8 Å². The SMILES string of the molecule is CCOC(=O)[C@@H](N[S@@](=O)c1c(C)cc(C)cc1C)C(CCNC(=O)OC(C)(C)C)NC(=O)OC(C)(C)C. The predicted octanol–water partition coefficient (Wildman–Crippen LogP) is 3.96. The molecule has 1 unspecified atom stereocenters. The van der Waals surface area contributed by atoms with Crippen molar-refractivity contribution in [3.63, 3.8) is 0 Å². The Bertz CT molecular complexity index is 960. The molecule has 0 heterocycles. The molecule has 3 atom stereocenters. The molecule has 2 amide bonds. The maximum atomic E-state index is 13.4. The number of carbonyl (C=O) groups is 3. The molecule has 0 saturated heterocycles. The molecule has 11 heteroatoms. The number of ether oxygens (including phenoxy) is 3. The van der Waals surface area contributed by atoms with Crippen LogP contribution in [0.3, 0.4) is 0 Å². The van der Waals surface area contributed by atoms with Gasteiger partial charge in [0.2, 0.25) is 0 Å². The first-order chi connectivity index (χ1) is 16.9. The summed E-state index contributed by atoms with van der Waals surface area (Å²) in [6.45, 7) is 17.8. The number of alkyl carbamates (subject to hydrolysis) is 2. The van der Waals surface area contributed by atoms with Gasteiger partial charge in [-0.05, 0) is 86.8 Å². The van der Waals surface area contributed by atoms with Crippen molar-refractivity contribution in [2.45, 2.75) is 104 Å². The quantitative estimate of drug-likeness (QED) is 0.302. The van der Waals surface area contributed by atoms with E-state index >= 15 is 0 Å². The van der Waals surface area contributed by atoms with E-state index in [4.69, 9.17) is 14.2 Å². The van der Waals surface area contributed by atoms with E-state index in [9.17, 15) is 18.6 Å². The molecule has 0 saturated carbocycles. The van der Waals surface area contributed by atoms with Crippen molar-refractivity contribution in [2.24, 2.45) is 0 Å². The molecule has 3 N–H and O–H groups in total. The fourth-order valence-corrected chi connectivity index (χ4v) is 4.90. The van der Waals surface area contributed by atoms with E-state index in [-0.39, 0.29) is 19.6 Å². The summed E-state index contributed by atoms with van der Waals surface area (Å²) in [5.41, 5.74) is 1.15. The summed E-state index contributed by atoms with van der Waals surface area (Å²) < 4.78 is 32.1. The first kappa shape index (κ1) is 32.4. The Morgan fingerprint density at radius 2 is 1.43 bits per heavy atom. The second-order valence-electron chi connectivity index (χ2n) is 10.8. The van der Waals surface area contributed by atoms with Crippen LogP contribution in [0.5, 0.6) is 0 Å². The third-order valence-electron chi connectivity index (χ3n) is 4.79. The highest BCUT2D eigenvalue weighted by Gasteiger charge is 2.34. The Labute approximate surface area is 223 Å². The summed E-state index contributed by atoms with van der Waals surface area (Å²) in [6, 6.07) is 1.68. The van der Waals surface area contributed by atoms with Gasteiger partial charge in [-0.3, -0.25) is 4.79 Å². The summed E-state index contributed by atoms with van der Waals surface area (Å²) in [5, 5.41) is 5.30. The summed E-state index contributed by atoms with van der Waals surface area (Å²) in [4.78, 5) is 38.3. The molecule has 210 valence electrons. The Morgan fingerprint density at radius 1 is 0.919 bits per heavy atom. The molecular formula is C26H43N3O7S. The van der Waals surface area contributed by atoms with Gasteiger partial charge in [0.1, 0.15) is 28.2 Å². The molecule has 0 fully saturated rings. The molecule has 0 aliphatic rings. The molecule has 10 nitrogen and oxygen atoms in total. The highest BCUT2D eigenvalue weighted by Crippen LogP contribution is 2.20. The molecule has 0 radical (unpaired) electrons. The number of hydrogen-bond acceptors (Lipinski definition) is 7. The zero-order chi connectivity index (χ0) is 28.6. The molecule has 0 aliphatic heterocycles. The number of rotatable bonds is 10. The van der Waals surface area contributed by atoms with E-state index in [0.717, 1.165) is 16.7 Å². The molecule has 0 aromatic heterocycles. The van der Waals surface area contributed by atoms with E-state index in [1.54, 1.807) is 48.5 Å². The fourth-order valence-electron chi connectivity index (χ4n) is 3.59. The van der Waals surface area contributed by atoms with Crippen molar-refractivity contribution >= 4 is 29.1 Å². The summed E-state index contributed by atoms with van der Waals surface area (Å²) >= 11 is 0. The van der Waals surface area contributed by atoms with Gasteiger partial charge in [0.05, 0.1) is 17.5 Å². The first-order valence-electron chi connectivity index (χ1n) is 12.3. The smallest absolute Gasteiger partial charge is 0.407 e. The number of benzene rings is 1. The van der Waals surface area contributed by atoms with Crippen molar-refractivity contribution in [2.75, 3.05) is 13.2 Å². The van der Waals surface area contributed by atoms with Gasteiger partial charge < -0.3 is 24.8 Å².